The van der Waals surface area contributed by atoms with E-state index in [4.69, 9.17) is 14.2 Å². The maximum atomic E-state index is 12.0. The van der Waals surface area contributed by atoms with Crippen molar-refractivity contribution >= 4 is 17.8 Å². The summed E-state index contributed by atoms with van der Waals surface area (Å²) in [5.41, 5.74) is 0.150. The lowest BCUT2D eigenvalue weighted by Gasteiger charge is -2.10. The van der Waals surface area contributed by atoms with E-state index >= 15 is 0 Å². The first-order valence-corrected chi connectivity index (χ1v) is 7.68. The van der Waals surface area contributed by atoms with E-state index in [0.29, 0.717) is 6.61 Å². The number of pyridine rings is 1. The van der Waals surface area contributed by atoms with Gasteiger partial charge in [-0.3, -0.25) is 9.59 Å². The number of rotatable bonds is 9. The number of unbranched alkanes of at least 4 members (excludes halogenated alkanes) is 1. The molecule has 0 aliphatic carbocycles. The van der Waals surface area contributed by atoms with Crippen molar-refractivity contribution in [3.05, 3.63) is 23.5 Å². The number of carbonyl (C=O) groups excluding carboxylic acids is 3. The number of amides is 1. The Hall–Kier alpha value is -2.64. The lowest BCUT2D eigenvalue weighted by Crippen LogP contribution is -2.31. The maximum Gasteiger partial charge on any atom is 0.339 e. The van der Waals surface area contributed by atoms with Crippen LogP contribution < -0.4 is 10.1 Å². The minimum Gasteiger partial charge on any atom is -0.494 e. The Balaban J connectivity index is 2.77. The van der Waals surface area contributed by atoms with Gasteiger partial charge in [0, 0.05) is 6.20 Å². The van der Waals surface area contributed by atoms with Crippen molar-refractivity contribution in [3.63, 3.8) is 0 Å². The molecule has 0 unspecified atom stereocenters. The Morgan fingerprint density at radius 3 is 2.58 bits per heavy atom. The molecule has 0 aromatic carbocycles. The Bertz CT molecular complexity index is 588. The molecule has 8 nitrogen and oxygen atoms in total. The monoisotopic (exact) mass is 338 g/mol. The zero-order chi connectivity index (χ0) is 17.9. The van der Waals surface area contributed by atoms with Crippen LogP contribution in [0.15, 0.2) is 12.3 Å². The molecule has 0 aliphatic heterocycles. The normalized spacial score (nSPS) is 9.96. The van der Waals surface area contributed by atoms with Gasteiger partial charge in [-0.1, -0.05) is 13.3 Å². The third-order valence-corrected chi connectivity index (χ3v) is 2.95. The van der Waals surface area contributed by atoms with Crippen LogP contribution in [0.4, 0.5) is 0 Å². The van der Waals surface area contributed by atoms with Crippen molar-refractivity contribution in [3.8, 4) is 5.75 Å². The number of aromatic nitrogens is 1. The fourth-order valence-electron chi connectivity index (χ4n) is 1.72. The van der Waals surface area contributed by atoms with Gasteiger partial charge >= 0.3 is 11.9 Å². The summed E-state index contributed by atoms with van der Waals surface area (Å²) in [5.74, 6) is -1.58. The highest BCUT2D eigenvalue weighted by molar-refractivity contribution is 5.98. The lowest BCUT2D eigenvalue weighted by atomic mass is 10.2. The molecule has 0 saturated heterocycles. The zero-order valence-electron chi connectivity index (χ0n) is 14.1. The van der Waals surface area contributed by atoms with E-state index in [1.165, 1.54) is 19.4 Å². The van der Waals surface area contributed by atoms with Gasteiger partial charge in [-0.15, -0.1) is 0 Å². The highest BCUT2D eigenvalue weighted by Crippen LogP contribution is 2.18. The Morgan fingerprint density at radius 2 is 1.96 bits per heavy atom. The maximum absolute atomic E-state index is 12.0. The average Bonchev–Trinajstić information content (AvgIpc) is 2.59. The number of ether oxygens (including phenoxy) is 3. The number of hydrogen-bond acceptors (Lipinski definition) is 7. The first kappa shape index (κ1) is 19.4. The van der Waals surface area contributed by atoms with E-state index in [2.05, 4.69) is 10.3 Å². The van der Waals surface area contributed by atoms with Gasteiger partial charge < -0.3 is 19.5 Å². The predicted octanol–water partition coefficient (Wildman–Crippen LogP) is 1.34. The number of nitrogens with one attached hydrogen (secondary N) is 1. The molecule has 132 valence electrons. The second kappa shape index (κ2) is 10.2. The standard InChI is InChI=1S/C16H22N2O6/c1-4-6-7-24-16(21)11-8-12(22-3)14(17-9-11)15(20)18-10-13(19)23-5-2/h8-9H,4-7,10H2,1-3H3,(H,18,20). The molecule has 0 saturated carbocycles. The van der Waals surface area contributed by atoms with E-state index in [9.17, 15) is 14.4 Å². The van der Waals surface area contributed by atoms with Crippen molar-refractivity contribution in [1.82, 2.24) is 10.3 Å². The Kier molecular flexibility index (Phi) is 8.24. The second-order valence-electron chi connectivity index (χ2n) is 4.75. The van der Waals surface area contributed by atoms with Gasteiger partial charge in [0.2, 0.25) is 0 Å². The molecule has 1 aromatic heterocycles. The minimum atomic E-state index is -0.606. The van der Waals surface area contributed by atoms with Crippen LogP contribution in [0.2, 0.25) is 0 Å². The Morgan fingerprint density at radius 1 is 1.21 bits per heavy atom. The van der Waals surface area contributed by atoms with Crippen molar-refractivity contribution in [1.29, 1.82) is 0 Å². The van der Waals surface area contributed by atoms with Crippen LogP contribution in [0.1, 0.15) is 47.5 Å². The van der Waals surface area contributed by atoms with Gasteiger partial charge in [-0.05, 0) is 19.4 Å². The molecule has 24 heavy (non-hydrogen) atoms. The van der Waals surface area contributed by atoms with Crippen LogP contribution in [0, 0.1) is 0 Å². The molecule has 8 heteroatoms. The zero-order valence-corrected chi connectivity index (χ0v) is 14.1. The third-order valence-electron chi connectivity index (χ3n) is 2.95. The number of nitrogens with zero attached hydrogens (tertiary/aromatic N) is 1. The molecule has 0 radical (unpaired) electrons. The smallest absolute Gasteiger partial charge is 0.339 e. The molecule has 0 fully saturated rings. The summed E-state index contributed by atoms with van der Waals surface area (Å²) < 4.78 is 14.9. The fraction of sp³-hybridized carbons (Fsp3) is 0.500. The molecular formula is C16H22N2O6. The predicted molar refractivity (Wildman–Crippen MR) is 84.9 cm³/mol. The SMILES string of the molecule is CCCCOC(=O)c1cnc(C(=O)NCC(=O)OCC)c(OC)c1. The van der Waals surface area contributed by atoms with Crippen molar-refractivity contribution in [2.45, 2.75) is 26.7 Å². The fourth-order valence-corrected chi connectivity index (χ4v) is 1.72. The van der Waals surface area contributed by atoms with Crippen LogP contribution >= 0.6 is 0 Å². The van der Waals surface area contributed by atoms with Crippen LogP contribution in [0.3, 0.4) is 0 Å². The summed E-state index contributed by atoms with van der Waals surface area (Å²) in [6, 6.07) is 1.38. The van der Waals surface area contributed by atoms with Crippen molar-refractivity contribution in [2.24, 2.45) is 0 Å². The van der Waals surface area contributed by atoms with Gasteiger partial charge in [-0.2, -0.15) is 0 Å². The summed E-state index contributed by atoms with van der Waals surface area (Å²) >= 11 is 0. The molecule has 1 amide bonds. The first-order valence-electron chi connectivity index (χ1n) is 7.68. The van der Waals surface area contributed by atoms with Gasteiger partial charge in [0.05, 0.1) is 25.9 Å². The topological polar surface area (TPSA) is 104 Å². The molecule has 1 rings (SSSR count). The molecule has 1 heterocycles. The molecule has 0 bridgehead atoms. The number of methoxy groups -OCH3 is 1. The van der Waals surface area contributed by atoms with E-state index < -0.39 is 17.8 Å². The van der Waals surface area contributed by atoms with Gasteiger partial charge in [0.25, 0.3) is 5.91 Å². The Labute approximate surface area is 140 Å². The van der Waals surface area contributed by atoms with Crippen molar-refractivity contribution < 1.29 is 28.6 Å². The molecule has 1 aromatic rings. The summed E-state index contributed by atoms with van der Waals surface area (Å²) in [4.78, 5) is 39.1. The summed E-state index contributed by atoms with van der Waals surface area (Å²) in [7, 11) is 1.35. The van der Waals surface area contributed by atoms with E-state index in [1.807, 2.05) is 6.92 Å². The van der Waals surface area contributed by atoms with Crippen LogP contribution in [-0.2, 0) is 14.3 Å². The van der Waals surface area contributed by atoms with Gasteiger partial charge in [0.15, 0.2) is 11.4 Å². The number of carbonyl (C=O) groups is 3. The van der Waals surface area contributed by atoms with Crippen LogP contribution in [0.5, 0.6) is 5.75 Å². The molecule has 1 N–H and O–H groups in total. The van der Waals surface area contributed by atoms with E-state index in [-0.39, 0.29) is 30.2 Å². The molecule has 0 spiro atoms. The highest BCUT2D eigenvalue weighted by atomic mass is 16.5. The van der Waals surface area contributed by atoms with E-state index in [1.54, 1.807) is 6.92 Å². The number of hydrogen-bond donors (Lipinski definition) is 1. The molecule has 0 atom stereocenters. The molecular weight excluding hydrogens is 316 g/mol. The van der Waals surface area contributed by atoms with Crippen LogP contribution in [-0.4, -0.2) is 49.7 Å². The van der Waals surface area contributed by atoms with E-state index in [0.717, 1.165) is 12.8 Å². The third kappa shape index (κ3) is 5.86. The van der Waals surface area contributed by atoms with Gasteiger partial charge in [0.1, 0.15) is 6.54 Å². The first-order chi connectivity index (χ1) is 11.5. The average molecular weight is 338 g/mol. The van der Waals surface area contributed by atoms with Crippen LogP contribution in [0.25, 0.3) is 0 Å². The lowest BCUT2D eigenvalue weighted by molar-refractivity contribution is -0.141. The minimum absolute atomic E-state index is 0.0353. The summed E-state index contributed by atoms with van der Waals surface area (Å²) in [6.45, 7) is 3.92. The largest absolute Gasteiger partial charge is 0.494 e. The molecule has 0 aliphatic rings. The quantitative estimate of drug-likeness (QED) is 0.535. The summed E-state index contributed by atoms with van der Waals surface area (Å²) in [6.07, 6.45) is 2.91. The second-order valence-corrected chi connectivity index (χ2v) is 4.75. The van der Waals surface area contributed by atoms with Crippen molar-refractivity contribution in [2.75, 3.05) is 26.9 Å². The van der Waals surface area contributed by atoms with Gasteiger partial charge in [-0.25, -0.2) is 9.78 Å². The summed E-state index contributed by atoms with van der Waals surface area (Å²) in [5, 5.41) is 2.38. The number of esters is 2. The highest BCUT2D eigenvalue weighted by Gasteiger charge is 2.18.